The van der Waals surface area contributed by atoms with Crippen molar-refractivity contribution in [3.05, 3.63) is 28.8 Å². The van der Waals surface area contributed by atoms with Gasteiger partial charge in [-0.2, -0.15) is 0 Å². The number of ketones is 1. The van der Waals surface area contributed by atoms with Crippen LogP contribution in [0.25, 0.3) is 0 Å². The molecule has 0 fully saturated rings. The molecule has 0 aliphatic heterocycles. The van der Waals surface area contributed by atoms with Gasteiger partial charge in [0.25, 0.3) is 0 Å². The number of nitrogens with one attached hydrogen (secondary N) is 1. The lowest BCUT2D eigenvalue weighted by atomic mass is 10.1. The van der Waals surface area contributed by atoms with E-state index in [0.29, 0.717) is 22.9 Å². The lowest BCUT2D eigenvalue weighted by molar-refractivity contribution is 0.0988. The highest BCUT2D eigenvalue weighted by atomic mass is 35.5. The zero-order valence-corrected chi connectivity index (χ0v) is 10.3. The molecule has 1 aromatic carbocycles. The normalized spacial score (nSPS) is 10.2. The third-order valence-electron chi connectivity index (χ3n) is 2.17. The molecule has 0 saturated heterocycles. The second-order valence-corrected chi connectivity index (χ2v) is 3.88. The van der Waals surface area contributed by atoms with Gasteiger partial charge in [0, 0.05) is 5.02 Å². The Balaban J connectivity index is 2.76. The third-order valence-corrected chi connectivity index (χ3v) is 2.41. The van der Waals surface area contributed by atoms with E-state index < -0.39 is 0 Å². The van der Waals surface area contributed by atoms with Crippen molar-refractivity contribution in [2.45, 2.75) is 13.3 Å². The highest BCUT2D eigenvalue weighted by molar-refractivity contribution is 6.31. The van der Waals surface area contributed by atoms with Crippen LogP contribution in [0.3, 0.4) is 0 Å². The number of rotatable bonds is 6. The molecule has 0 saturated carbocycles. The van der Waals surface area contributed by atoms with Crippen LogP contribution in [-0.2, 0) is 0 Å². The molecule has 16 heavy (non-hydrogen) atoms. The van der Waals surface area contributed by atoms with Crippen LogP contribution in [0.4, 0.5) is 0 Å². The number of methoxy groups -OCH3 is 1. The highest BCUT2D eigenvalue weighted by Crippen LogP contribution is 2.22. The molecular weight excluding hydrogens is 226 g/mol. The fourth-order valence-electron chi connectivity index (χ4n) is 1.37. The first-order valence-electron chi connectivity index (χ1n) is 5.26. The van der Waals surface area contributed by atoms with Gasteiger partial charge < -0.3 is 10.1 Å². The molecule has 4 heteroatoms. The summed E-state index contributed by atoms with van der Waals surface area (Å²) in [5.41, 5.74) is 0.526. The van der Waals surface area contributed by atoms with E-state index in [-0.39, 0.29) is 5.78 Å². The zero-order chi connectivity index (χ0) is 12.0. The summed E-state index contributed by atoms with van der Waals surface area (Å²) in [5, 5.41) is 3.60. The Morgan fingerprint density at radius 3 is 2.88 bits per heavy atom. The smallest absolute Gasteiger partial charge is 0.180 e. The Bertz CT molecular complexity index is 366. The van der Waals surface area contributed by atoms with Crippen LogP contribution in [0.1, 0.15) is 23.7 Å². The van der Waals surface area contributed by atoms with Crippen molar-refractivity contribution in [2.75, 3.05) is 20.2 Å². The molecule has 0 heterocycles. The first-order valence-corrected chi connectivity index (χ1v) is 5.64. The minimum absolute atomic E-state index is 0.00667. The molecular formula is C12H16ClNO2. The van der Waals surface area contributed by atoms with Gasteiger partial charge >= 0.3 is 0 Å². The Labute approximate surface area is 101 Å². The fourth-order valence-corrected chi connectivity index (χ4v) is 1.54. The fraction of sp³-hybridized carbons (Fsp3) is 0.417. The van der Waals surface area contributed by atoms with Crippen molar-refractivity contribution in [1.29, 1.82) is 0 Å². The third kappa shape index (κ3) is 3.51. The van der Waals surface area contributed by atoms with Crippen LogP contribution in [0.5, 0.6) is 5.75 Å². The summed E-state index contributed by atoms with van der Waals surface area (Å²) in [6.45, 7) is 3.19. The van der Waals surface area contributed by atoms with E-state index in [2.05, 4.69) is 12.2 Å². The van der Waals surface area contributed by atoms with Gasteiger partial charge in [0.2, 0.25) is 0 Å². The van der Waals surface area contributed by atoms with E-state index in [1.165, 1.54) is 0 Å². The number of hydrogen-bond acceptors (Lipinski definition) is 3. The maximum absolute atomic E-state index is 11.9. The topological polar surface area (TPSA) is 38.3 Å². The zero-order valence-electron chi connectivity index (χ0n) is 9.55. The molecule has 0 aromatic heterocycles. The summed E-state index contributed by atoms with van der Waals surface area (Å²) in [7, 11) is 1.54. The first-order chi connectivity index (χ1) is 7.69. The van der Waals surface area contributed by atoms with Crippen LogP contribution in [0.15, 0.2) is 18.2 Å². The number of Topliss-reactive ketones (excluding diaryl/α,β-unsaturated/α-hetero) is 1. The first kappa shape index (κ1) is 13.0. The molecule has 1 rings (SSSR count). The predicted octanol–water partition coefficient (Wildman–Crippen LogP) is 2.53. The second kappa shape index (κ2) is 6.51. The molecule has 1 N–H and O–H groups in total. The van der Waals surface area contributed by atoms with Crippen LogP contribution in [-0.4, -0.2) is 26.0 Å². The van der Waals surface area contributed by atoms with Gasteiger partial charge in [-0.3, -0.25) is 4.79 Å². The number of carbonyl (C=O) groups is 1. The highest BCUT2D eigenvalue weighted by Gasteiger charge is 2.12. The van der Waals surface area contributed by atoms with Gasteiger partial charge in [-0.05, 0) is 31.2 Å². The van der Waals surface area contributed by atoms with Crippen molar-refractivity contribution in [2.24, 2.45) is 0 Å². The van der Waals surface area contributed by atoms with Crippen LogP contribution >= 0.6 is 11.6 Å². The average molecular weight is 242 g/mol. The van der Waals surface area contributed by atoms with Crippen molar-refractivity contribution >= 4 is 17.4 Å². The van der Waals surface area contributed by atoms with Gasteiger partial charge in [0.15, 0.2) is 5.78 Å². The van der Waals surface area contributed by atoms with E-state index in [9.17, 15) is 4.79 Å². The summed E-state index contributed by atoms with van der Waals surface area (Å²) in [6, 6.07) is 5.04. The lowest BCUT2D eigenvalue weighted by Crippen LogP contribution is -2.24. The van der Waals surface area contributed by atoms with Gasteiger partial charge in [0.1, 0.15) is 5.75 Å². The molecule has 0 aliphatic rings. The Morgan fingerprint density at radius 1 is 1.50 bits per heavy atom. The standard InChI is InChI=1S/C12H16ClNO2/c1-3-6-14-8-11(15)10-7-9(13)4-5-12(10)16-2/h4-5,7,14H,3,6,8H2,1-2H3. The van der Waals surface area contributed by atoms with Crippen molar-refractivity contribution < 1.29 is 9.53 Å². The SMILES string of the molecule is CCCNCC(=O)c1cc(Cl)ccc1OC. The average Bonchev–Trinajstić information content (AvgIpc) is 2.29. The quantitative estimate of drug-likeness (QED) is 0.615. The van der Waals surface area contributed by atoms with Crippen molar-refractivity contribution in [3.63, 3.8) is 0 Å². The molecule has 0 aliphatic carbocycles. The van der Waals surface area contributed by atoms with Crippen LogP contribution in [0, 0.1) is 0 Å². The van der Waals surface area contributed by atoms with Crippen molar-refractivity contribution in [3.8, 4) is 5.75 Å². The largest absolute Gasteiger partial charge is 0.496 e. The number of carbonyl (C=O) groups excluding carboxylic acids is 1. The number of benzene rings is 1. The van der Waals surface area contributed by atoms with E-state index in [1.807, 2.05) is 0 Å². The molecule has 88 valence electrons. The minimum Gasteiger partial charge on any atom is -0.496 e. The van der Waals surface area contributed by atoms with E-state index in [0.717, 1.165) is 13.0 Å². The Kier molecular flexibility index (Phi) is 5.29. The molecule has 0 radical (unpaired) electrons. The maximum atomic E-state index is 11.9. The summed E-state index contributed by atoms with van der Waals surface area (Å²) in [6.07, 6.45) is 1.000. The maximum Gasteiger partial charge on any atom is 0.180 e. The molecule has 3 nitrogen and oxygen atoms in total. The number of halogens is 1. The van der Waals surface area contributed by atoms with Gasteiger partial charge in [-0.25, -0.2) is 0 Å². The van der Waals surface area contributed by atoms with E-state index >= 15 is 0 Å². The molecule has 0 amide bonds. The van der Waals surface area contributed by atoms with Crippen LogP contribution in [0.2, 0.25) is 5.02 Å². The second-order valence-electron chi connectivity index (χ2n) is 3.44. The van der Waals surface area contributed by atoms with Crippen molar-refractivity contribution in [1.82, 2.24) is 5.32 Å². The molecule has 0 bridgehead atoms. The van der Waals surface area contributed by atoms with E-state index in [4.69, 9.17) is 16.3 Å². The summed E-state index contributed by atoms with van der Waals surface area (Å²) in [4.78, 5) is 11.9. The molecule has 0 atom stereocenters. The molecule has 0 unspecified atom stereocenters. The minimum atomic E-state index is -0.00667. The van der Waals surface area contributed by atoms with Gasteiger partial charge in [-0.15, -0.1) is 0 Å². The predicted molar refractivity (Wildman–Crippen MR) is 65.5 cm³/mol. The summed E-state index contributed by atoms with van der Waals surface area (Å²) >= 11 is 5.85. The summed E-state index contributed by atoms with van der Waals surface area (Å²) in [5.74, 6) is 0.556. The Morgan fingerprint density at radius 2 is 2.25 bits per heavy atom. The molecule has 1 aromatic rings. The monoisotopic (exact) mass is 241 g/mol. The van der Waals surface area contributed by atoms with Crippen LogP contribution < -0.4 is 10.1 Å². The van der Waals surface area contributed by atoms with Gasteiger partial charge in [-0.1, -0.05) is 18.5 Å². The lowest BCUT2D eigenvalue weighted by Gasteiger charge is -2.08. The van der Waals surface area contributed by atoms with Gasteiger partial charge in [0.05, 0.1) is 19.2 Å². The number of ether oxygens (including phenoxy) is 1. The molecule has 0 spiro atoms. The van der Waals surface area contributed by atoms with E-state index in [1.54, 1.807) is 25.3 Å². The number of hydrogen-bond donors (Lipinski definition) is 1. The Hall–Kier alpha value is -1.06. The summed E-state index contributed by atoms with van der Waals surface area (Å²) < 4.78 is 5.12.